The topological polar surface area (TPSA) is 0 Å². The van der Waals surface area contributed by atoms with Crippen molar-refractivity contribution in [1.29, 1.82) is 0 Å². The Labute approximate surface area is 110 Å². The Kier molecular flexibility index (Phi) is 2.95. The number of hydrogen-bond acceptors (Lipinski definition) is 0. The summed E-state index contributed by atoms with van der Waals surface area (Å²) in [6.07, 6.45) is 3.84. The third-order valence-electron chi connectivity index (χ3n) is 4.07. The molecule has 0 aromatic heterocycles. The van der Waals surface area contributed by atoms with Gasteiger partial charge in [0, 0.05) is 0 Å². The summed E-state index contributed by atoms with van der Waals surface area (Å²) in [6.45, 7) is 4.49. The molecule has 2 aromatic rings. The lowest BCUT2D eigenvalue weighted by atomic mass is 9.83. The van der Waals surface area contributed by atoms with Crippen LogP contribution in [0.5, 0.6) is 0 Å². The molecule has 1 aliphatic rings. The Morgan fingerprint density at radius 1 is 0.889 bits per heavy atom. The first-order chi connectivity index (χ1) is 8.72. The van der Waals surface area contributed by atoms with E-state index in [9.17, 15) is 0 Å². The normalized spacial score (nSPS) is 18.4. The molecule has 1 unspecified atom stereocenters. The van der Waals surface area contributed by atoms with E-state index < -0.39 is 0 Å². The molecule has 0 amide bonds. The molecule has 0 aliphatic heterocycles. The second kappa shape index (κ2) is 4.61. The quantitative estimate of drug-likeness (QED) is 0.668. The third-order valence-corrected chi connectivity index (χ3v) is 4.07. The van der Waals surface area contributed by atoms with Crippen LogP contribution in [0.15, 0.2) is 42.5 Å². The highest BCUT2D eigenvalue weighted by atomic mass is 14.2. The summed E-state index contributed by atoms with van der Waals surface area (Å²) in [5, 5.41) is 0. The molecule has 92 valence electrons. The Balaban J connectivity index is 1.97. The molecule has 0 spiro atoms. The molecule has 0 bridgehead atoms. The van der Waals surface area contributed by atoms with Gasteiger partial charge < -0.3 is 0 Å². The summed E-state index contributed by atoms with van der Waals surface area (Å²) < 4.78 is 0. The van der Waals surface area contributed by atoms with Crippen LogP contribution in [0.4, 0.5) is 0 Å². The van der Waals surface area contributed by atoms with Gasteiger partial charge in [-0.2, -0.15) is 0 Å². The zero-order valence-electron chi connectivity index (χ0n) is 11.2. The van der Waals surface area contributed by atoms with Crippen molar-refractivity contribution < 1.29 is 0 Å². The summed E-state index contributed by atoms with van der Waals surface area (Å²) in [5.41, 5.74) is 7.15. The van der Waals surface area contributed by atoms with Gasteiger partial charge in [0.25, 0.3) is 0 Å². The average molecular weight is 236 g/mol. The maximum absolute atomic E-state index is 2.39. The molecular weight excluding hydrogens is 216 g/mol. The fourth-order valence-corrected chi connectivity index (χ4v) is 2.86. The summed E-state index contributed by atoms with van der Waals surface area (Å²) in [7, 11) is 0. The van der Waals surface area contributed by atoms with E-state index in [2.05, 4.69) is 56.3 Å². The minimum absolute atomic E-state index is 0.850. The number of rotatable bonds is 1. The Morgan fingerprint density at radius 2 is 1.61 bits per heavy atom. The van der Waals surface area contributed by atoms with Crippen molar-refractivity contribution in [1.82, 2.24) is 0 Å². The maximum Gasteiger partial charge on any atom is -0.0181 e. The fraction of sp³-hybridized carbons (Fsp3) is 0.333. The number of hydrogen-bond donors (Lipinski definition) is 0. The summed E-state index contributed by atoms with van der Waals surface area (Å²) >= 11 is 0. The highest BCUT2D eigenvalue weighted by Gasteiger charge is 2.15. The number of benzene rings is 2. The molecule has 1 aliphatic carbocycles. The molecule has 0 radical (unpaired) electrons. The van der Waals surface area contributed by atoms with Gasteiger partial charge in [-0.1, -0.05) is 55.0 Å². The predicted octanol–water partition coefficient (Wildman–Crippen LogP) is 4.79. The van der Waals surface area contributed by atoms with Crippen molar-refractivity contribution >= 4 is 0 Å². The van der Waals surface area contributed by atoms with Gasteiger partial charge in [0.2, 0.25) is 0 Å². The van der Waals surface area contributed by atoms with Crippen molar-refractivity contribution in [2.45, 2.75) is 33.1 Å². The van der Waals surface area contributed by atoms with E-state index in [0.717, 1.165) is 5.92 Å². The van der Waals surface area contributed by atoms with Crippen LogP contribution >= 0.6 is 0 Å². The maximum atomic E-state index is 2.39. The van der Waals surface area contributed by atoms with E-state index in [-0.39, 0.29) is 0 Å². The SMILES string of the molecule is Cc1ccc(-c2ccc3c(c2)CCC(C)C3)cc1. The van der Waals surface area contributed by atoms with Crippen LogP contribution in [0.3, 0.4) is 0 Å². The predicted molar refractivity (Wildman–Crippen MR) is 77.8 cm³/mol. The summed E-state index contributed by atoms with van der Waals surface area (Å²) in [4.78, 5) is 0. The first-order valence-corrected chi connectivity index (χ1v) is 6.91. The standard InChI is InChI=1S/C18H20/c1-13-3-6-15(7-4-13)17-10-9-16-11-14(2)5-8-18(16)12-17/h3-4,6-7,9-10,12,14H,5,8,11H2,1-2H3. The molecular formula is C18H20. The van der Waals surface area contributed by atoms with Crippen molar-refractivity contribution in [2.24, 2.45) is 5.92 Å². The van der Waals surface area contributed by atoms with Crippen molar-refractivity contribution in [3.05, 3.63) is 59.2 Å². The lowest BCUT2D eigenvalue weighted by Gasteiger charge is -2.22. The zero-order valence-corrected chi connectivity index (χ0v) is 11.2. The molecule has 0 saturated carbocycles. The summed E-state index contributed by atoms with van der Waals surface area (Å²) in [5.74, 6) is 0.850. The molecule has 0 heteroatoms. The van der Waals surface area contributed by atoms with Gasteiger partial charge in [-0.05, 0) is 54.4 Å². The fourth-order valence-electron chi connectivity index (χ4n) is 2.86. The molecule has 0 fully saturated rings. The lowest BCUT2D eigenvalue weighted by molar-refractivity contribution is 0.501. The molecule has 1 atom stereocenters. The van der Waals surface area contributed by atoms with Gasteiger partial charge in [-0.3, -0.25) is 0 Å². The Morgan fingerprint density at radius 3 is 2.39 bits per heavy atom. The monoisotopic (exact) mass is 236 g/mol. The highest BCUT2D eigenvalue weighted by molar-refractivity contribution is 5.65. The van der Waals surface area contributed by atoms with Gasteiger partial charge in [0.15, 0.2) is 0 Å². The van der Waals surface area contributed by atoms with E-state index in [1.807, 2.05) is 0 Å². The third kappa shape index (κ3) is 2.20. The number of aryl methyl sites for hydroxylation is 2. The first kappa shape index (κ1) is 11.5. The Bertz CT molecular complexity index is 549. The molecule has 3 rings (SSSR count). The second-order valence-corrected chi connectivity index (χ2v) is 5.70. The van der Waals surface area contributed by atoms with Crippen LogP contribution in [0.25, 0.3) is 11.1 Å². The molecule has 0 N–H and O–H groups in total. The van der Waals surface area contributed by atoms with Gasteiger partial charge in [-0.15, -0.1) is 0 Å². The number of fused-ring (bicyclic) bond motifs is 1. The van der Waals surface area contributed by atoms with Crippen LogP contribution in [-0.2, 0) is 12.8 Å². The van der Waals surface area contributed by atoms with Crippen LogP contribution in [0.1, 0.15) is 30.0 Å². The van der Waals surface area contributed by atoms with E-state index in [1.54, 1.807) is 11.1 Å². The minimum atomic E-state index is 0.850. The van der Waals surface area contributed by atoms with E-state index in [4.69, 9.17) is 0 Å². The van der Waals surface area contributed by atoms with E-state index in [0.29, 0.717) is 0 Å². The molecule has 0 saturated heterocycles. The van der Waals surface area contributed by atoms with Gasteiger partial charge in [0.1, 0.15) is 0 Å². The van der Waals surface area contributed by atoms with Crippen LogP contribution in [0.2, 0.25) is 0 Å². The average Bonchev–Trinajstić information content (AvgIpc) is 2.39. The molecule has 18 heavy (non-hydrogen) atoms. The molecule has 0 heterocycles. The smallest absolute Gasteiger partial charge is 0.0181 e. The van der Waals surface area contributed by atoms with E-state index in [1.165, 1.54) is 36.0 Å². The first-order valence-electron chi connectivity index (χ1n) is 6.91. The zero-order chi connectivity index (χ0) is 12.5. The van der Waals surface area contributed by atoms with Gasteiger partial charge in [0.05, 0.1) is 0 Å². The molecule has 2 aromatic carbocycles. The van der Waals surface area contributed by atoms with E-state index >= 15 is 0 Å². The van der Waals surface area contributed by atoms with Crippen molar-refractivity contribution in [3.63, 3.8) is 0 Å². The van der Waals surface area contributed by atoms with Crippen molar-refractivity contribution in [2.75, 3.05) is 0 Å². The van der Waals surface area contributed by atoms with Crippen LogP contribution in [-0.4, -0.2) is 0 Å². The van der Waals surface area contributed by atoms with Crippen LogP contribution in [0, 0.1) is 12.8 Å². The Hall–Kier alpha value is -1.56. The largest absolute Gasteiger partial charge is 0.0622 e. The summed E-state index contributed by atoms with van der Waals surface area (Å²) in [6, 6.07) is 15.8. The molecule has 0 nitrogen and oxygen atoms in total. The highest BCUT2D eigenvalue weighted by Crippen LogP contribution is 2.29. The lowest BCUT2D eigenvalue weighted by Crippen LogP contribution is -2.11. The van der Waals surface area contributed by atoms with Crippen molar-refractivity contribution in [3.8, 4) is 11.1 Å². The van der Waals surface area contributed by atoms with Gasteiger partial charge >= 0.3 is 0 Å². The van der Waals surface area contributed by atoms with Gasteiger partial charge in [-0.25, -0.2) is 0 Å². The van der Waals surface area contributed by atoms with Crippen LogP contribution < -0.4 is 0 Å². The second-order valence-electron chi connectivity index (χ2n) is 5.70. The minimum Gasteiger partial charge on any atom is -0.0622 e.